The Balaban J connectivity index is 0.000000363. The van der Waals surface area contributed by atoms with E-state index < -0.39 is 30.4 Å². The van der Waals surface area contributed by atoms with Crippen LogP contribution in [0.5, 0.6) is 23.0 Å². The van der Waals surface area contributed by atoms with Crippen LogP contribution in [0.15, 0.2) is 42.6 Å². The lowest BCUT2D eigenvalue weighted by molar-refractivity contribution is -0.231. The smallest absolute Gasteiger partial charge is 0.190 e. The molecule has 0 radical (unpaired) electrons. The Morgan fingerprint density at radius 1 is 0.846 bits per heavy atom. The molecular formula is C38H58Cl2N2O10. The normalized spacial score (nSPS) is 20.6. The lowest BCUT2D eigenvalue weighted by Gasteiger charge is -2.28. The first kappa shape index (κ1) is 45.5. The predicted octanol–water partition coefficient (Wildman–Crippen LogP) is 5.82. The van der Waals surface area contributed by atoms with E-state index >= 15 is 0 Å². The minimum atomic E-state index is -1.01. The van der Waals surface area contributed by atoms with Gasteiger partial charge in [-0.05, 0) is 110 Å². The number of ether oxygens (including phenoxy) is 8. The summed E-state index contributed by atoms with van der Waals surface area (Å²) >= 11 is 0. The summed E-state index contributed by atoms with van der Waals surface area (Å²) in [5.74, 6) is 2.32. The number of nitrogens with zero attached hydrogens (tertiary/aromatic N) is 2. The van der Waals surface area contributed by atoms with Crippen LogP contribution in [0.3, 0.4) is 0 Å². The molecule has 5 unspecified atom stereocenters. The van der Waals surface area contributed by atoms with Crippen LogP contribution >= 0.6 is 24.8 Å². The molecule has 0 amide bonds. The van der Waals surface area contributed by atoms with E-state index in [1.165, 1.54) is 0 Å². The van der Waals surface area contributed by atoms with E-state index in [-0.39, 0.29) is 37.5 Å². The van der Waals surface area contributed by atoms with Gasteiger partial charge in [-0.3, -0.25) is 4.98 Å². The minimum Gasteiger partial charge on any atom is -0.490 e. The number of hydrogen-bond donors (Lipinski definition) is 2. The Hall–Kier alpha value is -2.65. The molecule has 3 heterocycles. The van der Waals surface area contributed by atoms with Gasteiger partial charge in [0.25, 0.3) is 0 Å². The minimum absolute atomic E-state index is 0. The van der Waals surface area contributed by atoms with Crippen molar-refractivity contribution in [2.24, 2.45) is 0 Å². The van der Waals surface area contributed by atoms with Crippen molar-refractivity contribution < 1.29 is 48.1 Å². The van der Waals surface area contributed by atoms with Gasteiger partial charge in [0, 0.05) is 24.6 Å². The molecule has 3 aromatic rings. The molecule has 2 N–H and O–H groups in total. The molecule has 0 bridgehead atoms. The van der Waals surface area contributed by atoms with Crippen LogP contribution in [0.25, 0.3) is 10.8 Å². The monoisotopic (exact) mass is 772 g/mol. The SMILES string of the molecule is CCOc1ccc(Cc2nccc3cc(OCC)c(OCC)cc23)cc1OCC.CN(C)CCCOC1C(C(O)CO)OC2OC(C)(C)OC21.Cl.Cl. The van der Waals surface area contributed by atoms with Crippen LogP contribution in [-0.2, 0) is 25.4 Å². The van der Waals surface area contributed by atoms with Crippen LogP contribution in [0.4, 0.5) is 0 Å². The van der Waals surface area contributed by atoms with Gasteiger partial charge < -0.3 is 53.0 Å². The Morgan fingerprint density at radius 2 is 1.46 bits per heavy atom. The summed E-state index contributed by atoms with van der Waals surface area (Å²) in [7, 11) is 4.01. The second kappa shape index (κ2) is 21.9. The first-order chi connectivity index (χ1) is 24.0. The number of fused-ring (bicyclic) bond motifs is 2. The van der Waals surface area contributed by atoms with Gasteiger partial charge in [0.05, 0.1) is 38.7 Å². The Bertz CT molecular complexity index is 1500. The largest absolute Gasteiger partial charge is 0.490 e. The summed E-state index contributed by atoms with van der Waals surface area (Å²) in [6, 6.07) is 12.1. The number of aliphatic hydroxyl groups is 2. The third-order valence-electron chi connectivity index (χ3n) is 8.14. The van der Waals surface area contributed by atoms with Crippen LogP contribution < -0.4 is 18.9 Å². The molecule has 5 atom stereocenters. The highest BCUT2D eigenvalue weighted by Gasteiger charge is 2.56. The van der Waals surface area contributed by atoms with Crippen molar-refractivity contribution in [1.29, 1.82) is 0 Å². The highest BCUT2D eigenvalue weighted by atomic mass is 35.5. The number of pyridine rings is 1. The molecule has 52 heavy (non-hydrogen) atoms. The number of rotatable bonds is 17. The van der Waals surface area contributed by atoms with E-state index in [0.29, 0.717) is 39.5 Å². The molecule has 12 nitrogen and oxygen atoms in total. The molecule has 2 saturated heterocycles. The maximum atomic E-state index is 9.88. The second-order valence-corrected chi connectivity index (χ2v) is 12.8. The molecule has 0 aliphatic carbocycles. The van der Waals surface area contributed by atoms with Crippen LogP contribution in [0, 0.1) is 0 Å². The molecule has 2 fully saturated rings. The van der Waals surface area contributed by atoms with Gasteiger partial charge in [-0.15, -0.1) is 24.8 Å². The van der Waals surface area contributed by atoms with Gasteiger partial charge in [-0.2, -0.15) is 0 Å². The van der Waals surface area contributed by atoms with Crippen molar-refractivity contribution in [3.05, 3.63) is 53.9 Å². The zero-order valence-electron chi connectivity index (χ0n) is 31.7. The fourth-order valence-corrected chi connectivity index (χ4v) is 6.02. The van der Waals surface area contributed by atoms with E-state index in [4.69, 9.17) is 43.0 Å². The summed E-state index contributed by atoms with van der Waals surface area (Å²) in [5, 5.41) is 21.2. The van der Waals surface area contributed by atoms with Crippen molar-refractivity contribution in [2.75, 3.05) is 60.3 Å². The second-order valence-electron chi connectivity index (χ2n) is 12.8. The Kier molecular flexibility index (Phi) is 19.2. The number of aromatic nitrogens is 1. The summed E-state index contributed by atoms with van der Waals surface area (Å²) < 4.78 is 46.0. The lowest BCUT2D eigenvalue weighted by Crippen LogP contribution is -2.44. The van der Waals surface area contributed by atoms with Gasteiger partial charge in [-0.25, -0.2) is 0 Å². The topological polar surface area (TPSA) is 130 Å². The third kappa shape index (κ3) is 12.2. The number of aliphatic hydroxyl groups excluding tert-OH is 2. The fraction of sp³-hybridized carbons (Fsp3) is 0.605. The van der Waals surface area contributed by atoms with Gasteiger partial charge in [0.1, 0.15) is 24.4 Å². The zero-order valence-corrected chi connectivity index (χ0v) is 33.3. The quantitative estimate of drug-likeness (QED) is 0.161. The summed E-state index contributed by atoms with van der Waals surface area (Å²) in [6.45, 7) is 14.9. The summed E-state index contributed by atoms with van der Waals surface area (Å²) in [4.78, 5) is 6.72. The van der Waals surface area contributed by atoms with E-state index in [0.717, 1.165) is 58.0 Å². The van der Waals surface area contributed by atoms with Crippen molar-refractivity contribution in [3.63, 3.8) is 0 Å². The van der Waals surface area contributed by atoms with Crippen LogP contribution in [-0.4, -0.2) is 117 Å². The molecule has 294 valence electrons. The Morgan fingerprint density at radius 3 is 2.08 bits per heavy atom. The van der Waals surface area contributed by atoms with Crippen molar-refractivity contribution in [3.8, 4) is 23.0 Å². The zero-order chi connectivity index (χ0) is 36.3. The van der Waals surface area contributed by atoms with Gasteiger partial charge in [0.2, 0.25) is 0 Å². The van der Waals surface area contributed by atoms with E-state index in [9.17, 15) is 5.11 Å². The van der Waals surface area contributed by atoms with Crippen molar-refractivity contribution in [2.45, 2.75) is 90.9 Å². The van der Waals surface area contributed by atoms with E-state index in [1.54, 1.807) is 0 Å². The van der Waals surface area contributed by atoms with Gasteiger partial charge in [-0.1, -0.05) is 6.07 Å². The fourth-order valence-electron chi connectivity index (χ4n) is 6.02. The highest BCUT2D eigenvalue weighted by molar-refractivity contribution is 5.88. The van der Waals surface area contributed by atoms with Crippen molar-refractivity contribution in [1.82, 2.24) is 9.88 Å². The lowest BCUT2D eigenvalue weighted by atomic mass is 10.0. The molecular weight excluding hydrogens is 715 g/mol. The number of hydrogen-bond acceptors (Lipinski definition) is 12. The van der Waals surface area contributed by atoms with Gasteiger partial charge in [0.15, 0.2) is 35.1 Å². The molecule has 2 aliphatic rings. The summed E-state index contributed by atoms with van der Waals surface area (Å²) in [5.41, 5.74) is 2.10. The highest BCUT2D eigenvalue weighted by Crippen LogP contribution is 2.40. The standard InChI is InChI=1S/C24H29NO4.C14H27NO6.2ClH/c1-5-26-21-10-9-17(14-22(21)27-6-2)13-20-19-16-24(29-8-4)23(28-7-3)15-18(19)11-12-25-20;1-14(2)20-12-11(18-7-5-6-15(3)4)10(9(17)8-16)19-13(12)21-14;;/h9-12,14-16H,5-8,13H2,1-4H3;9-13,16-17H,5-8H2,1-4H3;2*1H. The predicted molar refractivity (Wildman–Crippen MR) is 205 cm³/mol. The molecule has 0 saturated carbocycles. The maximum absolute atomic E-state index is 9.88. The van der Waals surface area contributed by atoms with Crippen LogP contribution in [0.1, 0.15) is 59.2 Å². The molecule has 0 spiro atoms. The molecule has 2 aromatic carbocycles. The maximum Gasteiger partial charge on any atom is 0.190 e. The first-order valence-electron chi connectivity index (χ1n) is 17.7. The molecule has 1 aromatic heterocycles. The van der Waals surface area contributed by atoms with Gasteiger partial charge >= 0.3 is 0 Å². The molecule has 14 heteroatoms. The molecule has 5 rings (SSSR count). The van der Waals surface area contributed by atoms with Crippen LogP contribution in [0.2, 0.25) is 0 Å². The van der Waals surface area contributed by atoms with E-state index in [2.05, 4.69) is 16.0 Å². The number of benzene rings is 2. The number of halogens is 2. The molecule has 2 aliphatic heterocycles. The van der Waals surface area contributed by atoms with Crippen molar-refractivity contribution >= 4 is 35.6 Å². The summed E-state index contributed by atoms with van der Waals surface area (Å²) in [6.07, 6.45) is 0.351. The third-order valence-corrected chi connectivity index (χ3v) is 8.14. The van der Waals surface area contributed by atoms with E-state index in [1.807, 2.05) is 92.2 Å². The first-order valence-corrected chi connectivity index (χ1v) is 17.7. The average molecular weight is 774 g/mol. The Labute approximate surface area is 320 Å². The average Bonchev–Trinajstić information content (AvgIpc) is 3.56.